The number of esters is 1. The summed E-state index contributed by atoms with van der Waals surface area (Å²) < 4.78 is 39.0. The summed E-state index contributed by atoms with van der Waals surface area (Å²) in [6, 6.07) is 6.00. The maximum atomic E-state index is 14.1. The highest BCUT2D eigenvalue weighted by atomic mass is 32.2. The molecule has 2 amide bonds. The second-order valence-corrected chi connectivity index (χ2v) is 22.9. The normalized spacial score (nSPS) is 22.9. The van der Waals surface area contributed by atoms with Crippen molar-refractivity contribution in [3.63, 3.8) is 0 Å². The minimum absolute atomic E-state index is 0.00384. The van der Waals surface area contributed by atoms with Crippen LogP contribution in [0, 0.1) is 24.2 Å². The molecular weight excluding hydrogens is 839 g/mol. The number of ether oxygens (including phenoxy) is 2. The number of Topliss-reactive ketones (excluding diaryl/α,β-unsaturated/α-hetero) is 1. The fraction of sp³-hybridized carbons (Fsp3) is 0.646. The van der Waals surface area contributed by atoms with Crippen molar-refractivity contribution < 1.29 is 37.1 Å². The molecule has 1 saturated heterocycles. The van der Waals surface area contributed by atoms with Crippen LogP contribution < -0.4 is 9.46 Å². The van der Waals surface area contributed by atoms with Gasteiger partial charge in [-0.05, 0) is 111 Å². The summed E-state index contributed by atoms with van der Waals surface area (Å²) in [5, 5.41) is 3.13. The van der Waals surface area contributed by atoms with Crippen LogP contribution in [0.5, 0.6) is 5.88 Å². The number of nitrogens with one attached hydrogen (secondary N) is 1. The zero-order valence-electron chi connectivity index (χ0n) is 37.9. The summed E-state index contributed by atoms with van der Waals surface area (Å²) in [6.45, 7) is 11.3. The molecule has 7 rings (SSSR count). The van der Waals surface area contributed by atoms with E-state index in [1.807, 2.05) is 58.0 Å². The van der Waals surface area contributed by atoms with E-state index in [2.05, 4.69) is 10.1 Å². The van der Waals surface area contributed by atoms with E-state index in [-0.39, 0.29) is 36.6 Å². The number of unbranched alkanes of at least 4 members (excludes halogenated alkanes) is 3. The number of carbonyl (C=O) groups excluding carboxylic acids is 4. The molecule has 3 saturated carbocycles. The van der Waals surface area contributed by atoms with Gasteiger partial charge >= 0.3 is 5.97 Å². The standard InChI is InChI=1S/C48H65N5O8S2/c1-31(54)27-48(45(57)52-63(58,59)47(6)23-24-47)28-35(48)19-14-9-7-8-11-18-34(26-40(55)61-46(3,4)5)44(56)53-25-22-36(29-53)60-42-32(2)49-38-21-15-20-37(41(38)51-42)43-50-39(30-62-43)33-16-12-10-13-17-33/h14-15,19-21,30,33-36H,7-13,16-18,22-29H2,1-6H3,(H,52,57)/b19-14-/t34-,35-,36-,48+/m1/s1. The highest BCUT2D eigenvalue weighted by Crippen LogP contribution is 2.57. The molecule has 2 aromatic heterocycles. The number of para-hydroxylation sites is 1. The zero-order chi connectivity index (χ0) is 45.2. The molecule has 3 heterocycles. The Morgan fingerprint density at radius 1 is 1.03 bits per heavy atom. The average molecular weight is 904 g/mol. The van der Waals surface area contributed by atoms with E-state index >= 15 is 0 Å². The predicted octanol–water partition coefficient (Wildman–Crippen LogP) is 8.93. The molecule has 4 fully saturated rings. The van der Waals surface area contributed by atoms with Crippen molar-refractivity contribution in [1.29, 1.82) is 0 Å². The highest BCUT2D eigenvalue weighted by molar-refractivity contribution is 7.91. The van der Waals surface area contributed by atoms with Gasteiger partial charge in [0.15, 0.2) is 0 Å². The number of hydrogen-bond donors (Lipinski definition) is 1. The molecule has 1 aromatic carbocycles. The van der Waals surface area contributed by atoms with Gasteiger partial charge in [-0.25, -0.2) is 23.4 Å². The van der Waals surface area contributed by atoms with Crippen LogP contribution in [-0.4, -0.2) is 81.4 Å². The number of allylic oxidation sites excluding steroid dienone is 2. The molecule has 4 aliphatic rings. The van der Waals surface area contributed by atoms with Gasteiger partial charge in [-0.3, -0.25) is 23.9 Å². The number of rotatable bonds is 19. The van der Waals surface area contributed by atoms with Gasteiger partial charge in [0, 0.05) is 42.2 Å². The minimum Gasteiger partial charge on any atom is -0.471 e. The molecule has 342 valence electrons. The van der Waals surface area contributed by atoms with E-state index in [0.717, 1.165) is 47.3 Å². The SMILES string of the molecule is CC(=O)C[C@]1(C(=O)NS(=O)(=O)C2(C)CC2)C[C@H]1/C=C\CCCCC[C@H](CC(=O)OC(C)(C)C)C(=O)N1CC[C@@H](Oc2nc3c(-c4nc(C5CCCCC5)cs4)cccc3nc2C)C1. The number of thiazole rings is 1. The molecule has 1 aliphatic heterocycles. The molecule has 0 bridgehead atoms. The molecule has 15 heteroatoms. The highest BCUT2D eigenvalue weighted by Gasteiger charge is 2.61. The maximum Gasteiger partial charge on any atom is 0.307 e. The van der Waals surface area contributed by atoms with Crippen molar-refractivity contribution in [2.24, 2.45) is 17.3 Å². The predicted molar refractivity (Wildman–Crippen MR) is 244 cm³/mol. The van der Waals surface area contributed by atoms with E-state index < -0.39 is 43.6 Å². The smallest absolute Gasteiger partial charge is 0.307 e. The molecular formula is C48H65N5O8S2. The molecule has 0 spiro atoms. The zero-order valence-corrected chi connectivity index (χ0v) is 39.5. The Bertz CT molecular complexity index is 2330. The molecule has 3 aliphatic carbocycles. The molecule has 4 atom stereocenters. The summed E-state index contributed by atoms with van der Waals surface area (Å²) in [6.07, 6.45) is 15.5. The van der Waals surface area contributed by atoms with Crippen LogP contribution in [0.25, 0.3) is 21.6 Å². The summed E-state index contributed by atoms with van der Waals surface area (Å²) in [4.78, 5) is 69.2. The first-order valence-electron chi connectivity index (χ1n) is 23.0. The topological polar surface area (TPSA) is 175 Å². The van der Waals surface area contributed by atoms with Gasteiger partial charge < -0.3 is 14.4 Å². The molecule has 3 aromatic rings. The number of benzene rings is 1. The first-order valence-corrected chi connectivity index (χ1v) is 25.4. The van der Waals surface area contributed by atoms with Gasteiger partial charge in [-0.2, -0.15) is 0 Å². The van der Waals surface area contributed by atoms with Crippen molar-refractivity contribution in [3.8, 4) is 16.5 Å². The van der Waals surface area contributed by atoms with Gasteiger partial charge in [0.1, 0.15) is 33.7 Å². The van der Waals surface area contributed by atoms with Gasteiger partial charge in [0.2, 0.25) is 27.7 Å². The number of likely N-dealkylation sites (tertiary alicyclic amines) is 1. The number of hydrogen-bond acceptors (Lipinski definition) is 12. The van der Waals surface area contributed by atoms with E-state index in [1.165, 1.54) is 44.7 Å². The van der Waals surface area contributed by atoms with Crippen LogP contribution in [0.3, 0.4) is 0 Å². The molecule has 0 unspecified atom stereocenters. The fourth-order valence-corrected chi connectivity index (χ4v) is 11.5. The van der Waals surface area contributed by atoms with Crippen LogP contribution in [-0.2, 0) is 33.9 Å². The average Bonchev–Trinajstić information content (AvgIpc) is 3.98. The second kappa shape index (κ2) is 19.1. The van der Waals surface area contributed by atoms with Crippen molar-refractivity contribution in [1.82, 2.24) is 24.6 Å². The number of amides is 2. The Labute approximate surface area is 376 Å². The third-order valence-electron chi connectivity index (χ3n) is 13.3. The fourth-order valence-electron chi connectivity index (χ4n) is 9.22. The third kappa shape index (κ3) is 11.4. The van der Waals surface area contributed by atoms with E-state index in [1.54, 1.807) is 23.2 Å². The number of aryl methyl sites for hydroxylation is 1. The number of ketones is 1. The van der Waals surface area contributed by atoms with Gasteiger partial charge in [0.05, 0.1) is 34.3 Å². The lowest BCUT2D eigenvalue weighted by Gasteiger charge is -2.25. The Balaban J connectivity index is 0.933. The molecule has 0 radical (unpaired) electrons. The lowest BCUT2D eigenvalue weighted by atomic mass is 9.87. The first-order chi connectivity index (χ1) is 29.9. The monoisotopic (exact) mass is 903 g/mol. The summed E-state index contributed by atoms with van der Waals surface area (Å²) in [5.41, 5.74) is 2.61. The lowest BCUT2D eigenvalue weighted by Crippen LogP contribution is -2.43. The third-order valence-corrected chi connectivity index (χ3v) is 16.3. The van der Waals surface area contributed by atoms with Gasteiger partial charge in [-0.1, -0.05) is 50.3 Å². The molecule has 1 N–H and O–H groups in total. The number of sulfonamides is 1. The van der Waals surface area contributed by atoms with Gasteiger partial charge in [-0.15, -0.1) is 11.3 Å². The Kier molecular flexibility index (Phi) is 14.2. The quantitative estimate of drug-likeness (QED) is 0.0691. The van der Waals surface area contributed by atoms with Crippen LogP contribution in [0.1, 0.15) is 155 Å². The number of carbonyl (C=O) groups is 4. The van der Waals surface area contributed by atoms with Crippen LogP contribution in [0.2, 0.25) is 0 Å². The van der Waals surface area contributed by atoms with Crippen LogP contribution in [0.15, 0.2) is 35.7 Å². The van der Waals surface area contributed by atoms with E-state index in [0.29, 0.717) is 62.7 Å². The summed E-state index contributed by atoms with van der Waals surface area (Å²) in [5.74, 6) is -1.00. The van der Waals surface area contributed by atoms with Crippen molar-refractivity contribution in [3.05, 3.63) is 47.1 Å². The largest absolute Gasteiger partial charge is 0.471 e. The van der Waals surface area contributed by atoms with Crippen molar-refractivity contribution in [2.45, 2.75) is 167 Å². The van der Waals surface area contributed by atoms with Crippen LogP contribution in [0.4, 0.5) is 0 Å². The minimum atomic E-state index is -3.80. The summed E-state index contributed by atoms with van der Waals surface area (Å²) >= 11 is 1.65. The Morgan fingerprint density at radius 2 is 1.79 bits per heavy atom. The number of aromatic nitrogens is 3. The first kappa shape index (κ1) is 46.7. The van der Waals surface area contributed by atoms with Gasteiger partial charge in [0.25, 0.3) is 0 Å². The Hall–Kier alpha value is -4.24. The summed E-state index contributed by atoms with van der Waals surface area (Å²) in [7, 11) is -3.80. The van der Waals surface area contributed by atoms with Crippen molar-refractivity contribution >= 4 is 56.0 Å². The number of fused-ring (bicyclic) bond motifs is 1. The van der Waals surface area contributed by atoms with Crippen molar-refractivity contribution in [2.75, 3.05) is 13.1 Å². The lowest BCUT2D eigenvalue weighted by molar-refractivity contribution is -0.158. The van der Waals surface area contributed by atoms with E-state index in [4.69, 9.17) is 24.4 Å². The second-order valence-electron chi connectivity index (χ2n) is 19.8. The van der Waals surface area contributed by atoms with Crippen LogP contribution >= 0.6 is 11.3 Å². The maximum absolute atomic E-state index is 14.1. The van der Waals surface area contributed by atoms with E-state index in [9.17, 15) is 27.6 Å². The molecule has 13 nitrogen and oxygen atoms in total. The Morgan fingerprint density at radius 3 is 2.51 bits per heavy atom. The molecule has 63 heavy (non-hydrogen) atoms. The number of nitrogens with zero attached hydrogens (tertiary/aromatic N) is 4.